The summed E-state index contributed by atoms with van der Waals surface area (Å²) in [4.78, 5) is 2.33. The zero-order chi connectivity index (χ0) is 17.4. The van der Waals surface area contributed by atoms with E-state index in [0.29, 0.717) is 11.7 Å². The average Bonchev–Trinajstić information content (AvgIpc) is 2.61. The molecule has 0 aliphatic carbocycles. The van der Waals surface area contributed by atoms with E-state index in [-0.39, 0.29) is 6.04 Å². The maximum absolute atomic E-state index is 5.39. The first-order valence-corrected chi connectivity index (χ1v) is 8.54. The maximum Gasteiger partial charge on any atom is 0.187 e. The Labute approximate surface area is 149 Å². The Morgan fingerprint density at radius 1 is 1.33 bits per heavy atom. The van der Waals surface area contributed by atoms with Crippen LogP contribution in [0.25, 0.3) is 0 Å². The molecule has 0 saturated carbocycles. The van der Waals surface area contributed by atoms with Gasteiger partial charge in [-0.2, -0.15) is 5.10 Å². The molecule has 2 rings (SSSR count). The van der Waals surface area contributed by atoms with Crippen LogP contribution in [0.5, 0.6) is 0 Å². The van der Waals surface area contributed by atoms with Crippen LogP contribution in [-0.2, 0) is 9.47 Å². The second-order valence-corrected chi connectivity index (χ2v) is 6.19. The minimum absolute atomic E-state index is 0.137. The van der Waals surface area contributed by atoms with Crippen LogP contribution in [0.2, 0.25) is 0 Å². The van der Waals surface area contributed by atoms with Gasteiger partial charge in [-0.05, 0) is 43.8 Å². The van der Waals surface area contributed by atoms with Gasteiger partial charge in [0.15, 0.2) is 5.11 Å². The van der Waals surface area contributed by atoms with Crippen LogP contribution in [0.3, 0.4) is 0 Å². The molecule has 0 radical (unpaired) electrons. The van der Waals surface area contributed by atoms with E-state index in [1.54, 1.807) is 7.11 Å². The molecule has 1 aliphatic heterocycles. The Balaban J connectivity index is 1.89. The van der Waals surface area contributed by atoms with Crippen molar-refractivity contribution in [1.82, 2.24) is 10.7 Å². The first-order valence-electron chi connectivity index (χ1n) is 8.13. The predicted molar refractivity (Wildman–Crippen MR) is 102 cm³/mol. The number of hydrogen-bond donors (Lipinski definition) is 2. The molecule has 1 saturated heterocycles. The molecule has 7 heteroatoms. The summed E-state index contributed by atoms with van der Waals surface area (Å²) in [6, 6.07) is 8.54. The van der Waals surface area contributed by atoms with Gasteiger partial charge < -0.3 is 19.7 Å². The van der Waals surface area contributed by atoms with Crippen molar-refractivity contribution in [2.75, 3.05) is 44.9 Å². The fraction of sp³-hybridized carbons (Fsp3) is 0.529. The Morgan fingerprint density at radius 2 is 2.00 bits per heavy atom. The van der Waals surface area contributed by atoms with Gasteiger partial charge in [0, 0.05) is 31.9 Å². The molecule has 1 aromatic rings. The molecule has 0 aromatic heterocycles. The number of benzene rings is 1. The van der Waals surface area contributed by atoms with Crippen molar-refractivity contribution in [3.05, 3.63) is 29.8 Å². The average molecular weight is 350 g/mol. The third-order valence-corrected chi connectivity index (χ3v) is 3.99. The summed E-state index contributed by atoms with van der Waals surface area (Å²) < 4.78 is 10.4. The quantitative estimate of drug-likeness (QED) is 0.463. The molecule has 0 bridgehead atoms. The zero-order valence-corrected chi connectivity index (χ0v) is 15.4. The number of nitrogens with zero attached hydrogens (tertiary/aromatic N) is 2. The Kier molecular flexibility index (Phi) is 7.42. The van der Waals surface area contributed by atoms with Crippen LogP contribution in [-0.4, -0.2) is 56.9 Å². The normalized spacial score (nSPS) is 16.6. The number of thiocarbonyl (C=S) groups is 1. The molecule has 2 N–H and O–H groups in total. The number of methoxy groups -OCH3 is 1. The van der Waals surface area contributed by atoms with Gasteiger partial charge in [0.2, 0.25) is 0 Å². The zero-order valence-electron chi connectivity index (χ0n) is 14.5. The number of rotatable bonds is 6. The molecule has 0 spiro atoms. The molecule has 1 aromatic carbocycles. The second-order valence-electron chi connectivity index (χ2n) is 5.79. The summed E-state index contributed by atoms with van der Waals surface area (Å²) >= 11 is 5.22. The molecule has 0 amide bonds. The molecular formula is C17H26N4O2S. The smallest absolute Gasteiger partial charge is 0.187 e. The van der Waals surface area contributed by atoms with E-state index < -0.39 is 0 Å². The van der Waals surface area contributed by atoms with Crippen molar-refractivity contribution in [2.45, 2.75) is 19.9 Å². The van der Waals surface area contributed by atoms with Crippen molar-refractivity contribution in [2.24, 2.45) is 5.10 Å². The largest absolute Gasteiger partial charge is 0.383 e. The Morgan fingerprint density at radius 3 is 2.62 bits per heavy atom. The highest BCUT2D eigenvalue weighted by Crippen LogP contribution is 2.17. The van der Waals surface area contributed by atoms with Gasteiger partial charge in [0.05, 0.1) is 25.5 Å². The molecule has 1 aliphatic rings. The van der Waals surface area contributed by atoms with Crippen LogP contribution in [0.4, 0.5) is 5.69 Å². The van der Waals surface area contributed by atoms with Crippen molar-refractivity contribution in [1.29, 1.82) is 0 Å². The van der Waals surface area contributed by atoms with Crippen molar-refractivity contribution < 1.29 is 9.47 Å². The topological polar surface area (TPSA) is 58.1 Å². The fourth-order valence-corrected chi connectivity index (χ4v) is 2.73. The molecule has 6 nitrogen and oxygen atoms in total. The number of hydrogen-bond acceptors (Lipinski definition) is 5. The van der Waals surface area contributed by atoms with E-state index in [1.807, 2.05) is 13.8 Å². The summed E-state index contributed by atoms with van der Waals surface area (Å²) in [7, 11) is 1.66. The Hall–Kier alpha value is -1.70. The molecule has 1 heterocycles. The van der Waals surface area contributed by atoms with Gasteiger partial charge in [-0.1, -0.05) is 12.1 Å². The molecule has 1 fully saturated rings. The highest BCUT2D eigenvalue weighted by atomic mass is 32.1. The van der Waals surface area contributed by atoms with Gasteiger partial charge in [-0.25, -0.2) is 0 Å². The van der Waals surface area contributed by atoms with Crippen molar-refractivity contribution in [3.63, 3.8) is 0 Å². The van der Waals surface area contributed by atoms with Crippen LogP contribution in [0.15, 0.2) is 29.4 Å². The van der Waals surface area contributed by atoms with E-state index in [4.69, 9.17) is 21.7 Å². The lowest BCUT2D eigenvalue weighted by atomic mass is 10.1. The fourth-order valence-electron chi connectivity index (χ4n) is 2.48. The van der Waals surface area contributed by atoms with Crippen LogP contribution in [0, 0.1) is 0 Å². The summed E-state index contributed by atoms with van der Waals surface area (Å²) in [5.74, 6) is 0. The lowest BCUT2D eigenvalue weighted by Gasteiger charge is -2.28. The third-order valence-electron chi connectivity index (χ3n) is 3.78. The third kappa shape index (κ3) is 5.74. The van der Waals surface area contributed by atoms with Crippen LogP contribution in [0.1, 0.15) is 19.4 Å². The van der Waals surface area contributed by atoms with E-state index >= 15 is 0 Å². The van der Waals surface area contributed by atoms with Gasteiger partial charge >= 0.3 is 0 Å². The maximum atomic E-state index is 5.39. The molecular weight excluding hydrogens is 324 g/mol. The number of ether oxygens (including phenoxy) is 2. The summed E-state index contributed by atoms with van der Waals surface area (Å²) in [5.41, 5.74) is 6.03. The number of hydrazone groups is 1. The van der Waals surface area contributed by atoms with Crippen molar-refractivity contribution >= 4 is 28.7 Å². The summed E-state index contributed by atoms with van der Waals surface area (Å²) in [5, 5.41) is 7.94. The van der Waals surface area contributed by atoms with Gasteiger partial charge in [0.25, 0.3) is 0 Å². The lowest BCUT2D eigenvalue weighted by Crippen LogP contribution is -2.40. The highest BCUT2D eigenvalue weighted by molar-refractivity contribution is 7.80. The van der Waals surface area contributed by atoms with E-state index in [1.165, 1.54) is 5.69 Å². The summed E-state index contributed by atoms with van der Waals surface area (Å²) in [6.07, 6.45) is 0. The molecule has 24 heavy (non-hydrogen) atoms. The molecule has 0 unspecified atom stereocenters. The summed E-state index contributed by atoms with van der Waals surface area (Å²) in [6.45, 7) is 8.00. The van der Waals surface area contributed by atoms with E-state index in [0.717, 1.165) is 37.6 Å². The standard InChI is InChI=1S/C17H26N4O2S/c1-13(12-22-3)18-17(24)20-19-14(2)15-4-6-16(7-5-15)21-8-10-23-11-9-21/h4-7,13H,8-12H2,1-3H3,(H2,18,20,24)/b19-14-/t13-/m1/s1. The lowest BCUT2D eigenvalue weighted by molar-refractivity contribution is 0.122. The van der Waals surface area contributed by atoms with Gasteiger partial charge in [-0.15, -0.1) is 0 Å². The van der Waals surface area contributed by atoms with Gasteiger partial charge in [-0.3, -0.25) is 5.43 Å². The predicted octanol–water partition coefficient (Wildman–Crippen LogP) is 1.75. The first-order chi connectivity index (χ1) is 11.6. The first kappa shape index (κ1) is 18.6. The SMILES string of the molecule is COC[C@@H](C)NC(=S)N/N=C(/C)c1ccc(N2CCOCC2)cc1. The van der Waals surface area contributed by atoms with E-state index in [2.05, 4.69) is 45.0 Å². The number of anilines is 1. The van der Waals surface area contributed by atoms with Gasteiger partial charge in [0.1, 0.15) is 0 Å². The minimum Gasteiger partial charge on any atom is -0.383 e. The number of morpholine rings is 1. The second kappa shape index (κ2) is 9.56. The van der Waals surface area contributed by atoms with Crippen LogP contribution >= 0.6 is 12.2 Å². The monoisotopic (exact) mass is 350 g/mol. The Bertz CT molecular complexity index is 556. The molecule has 1 atom stereocenters. The number of nitrogens with one attached hydrogen (secondary N) is 2. The molecule has 132 valence electrons. The van der Waals surface area contributed by atoms with E-state index in [9.17, 15) is 0 Å². The highest BCUT2D eigenvalue weighted by Gasteiger charge is 2.11. The minimum atomic E-state index is 0.137. The van der Waals surface area contributed by atoms with Crippen LogP contribution < -0.4 is 15.6 Å². The van der Waals surface area contributed by atoms with Crippen molar-refractivity contribution in [3.8, 4) is 0 Å².